The van der Waals surface area contributed by atoms with Crippen LogP contribution >= 0.6 is 0 Å². The lowest BCUT2D eigenvalue weighted by atomic mass is 9.93. The van der Waals surface area contributed by atoms with E-state index in [1.807, 2.05) is 38.1 Å². The molecule has 0 saturated carbocycles. The van der Waals surface area contributed by atoms with Crippen molar-refractivity contribution in [1.82, 2.24) is 4.98 Å². The molecule has 0 saturated heterocycles. The van der Waals surface area contributed by atoms with E-state index in [9.17, 15) is 10.2 Å². The fourth-order valence-electron chi connectivity index (χ4n) is 1.95. The van der Waals surface area contributed by atoms with Gasteiger partial charge in [0.25, 0.3) is 0 Å². The number of fused-ring (bicyclic) bond motifs is 1. The van der Waals surface area contributed by atoms with Crippen LogP contribution in [-0.4, -0.2) is 21.3 Å². The Kier molecular flexibility index (Phi) is 3.41. The Hall–Kier alpha value is -1.45. The number of pyridine rings is 1. The molecule has 3 heteroatoms. The summed E-state index contributed by atoms with van der Waals surface area (Å²) in [5, 5.41) is 22.0. The zero-order valence-electron chi connectivity index (χ0n) is 10.0. The predicted molar refractivity (Wildman–Crippen MR) is 67.5 cm³/mol. The molecule has 0 spiro atoms. The van der Waals surface area contributed by atoms with Crippen LogP contribution in [0.2, 0.25) is 0 Å². The van der Waals surface area contributed by atoms with Gasteiger partial charge in [0, 0.05) is 17.8 Å². The van der Waals surface area contributed by atoms with Crippen LogP contribution in [0.1, 0.15) is 25.5 Å². The number of aromatic nitrogens is 1. The fourth-order valence-corrected chi connectivity index (χ4v) is 1.95. The first-order chi connectivity index (χ1) is 8.11. The molecule has 0 aliphatic rings. The van der Waals surface area contributed by atoms with Crippen LogP contribution in [0.3, 0.4) is 0 Å². The summed E-state index contributed by atoms with van der Waals surface area (Å²) < 4.78 is 0. The third-order valence-corrected chi connectivity index (χ3v) is 3.04. The van der Waals surface area contributed by atoms with Crippen molar-refractivity contribution in [1.29, 1.82) is 0 Å². The maximum absolute atomic E-state index is 10.2. The first kappa shape index (κ1) is 12.0. The molecule has 2 aromatic rings. The number of rotatable bonds is 3. The van der Waals surface area contributed by atoms with E-state index in [4.69, 9.17) is 0 Å². The van der Waals surface area contributed by atoms with Gasteiger partial charge >= 0.3 is 0 Å². The minimum absolute atomic E-state index is 0.0158. The van der Waals surface area contributed by atoms with Crippen molar-refractivity contribution in [3.63, 3.8) is 0 Å². The van der Waals surface area contributed by atoms with E-state index >= 15 is 0 Å². The van der Waals surface area contributed by atoms with Crippen LogP contribution in [0, 0.1) is 5.92 Å². The second-order valence-corrected chi connectivity index (χ2v) is 4.62. The molecule has 90 valence electrons. The third kappa shape index (κ3) is 2.30. The Labute approximate surface area is 101 Å². The van der Waals surface area contributed by atoms with Crippen LogP contribution in [0.5, 0.6) is 0 Å². The number of nitrogens with zero attached hydrogens (tertiary/aromatic N) is 1. The maximum atomic E-state index is 10.2. The topological polar surface area (TPSA) is 53.4 Å². The summed E-state index contributed by atoms with van der Waals surface area (Å²) >= 11 is 0. The van der Waals surface area contributed by atoms with E-state index in [1.165, 1.54) is 0 Å². The summed E-state index contributed by atoms with van der Waals surface area (Å²) in [6.45, 7) is 3.78. The molecule has 17 heavy (non-hydrogen) atoms. The molecule has 1 aromatic heterocycles. The first-order valence-corrected chi connectivity index (χ1v) is 5.80. The van der Waals surface area contributed by atoms with Crippen LogP contribution < -0.4 is 0 Å². The fraction of sp³-hybridized carbons (Fsp3) is 0.357. The summed E-state index contributed by atoms with van der Waals surface area (Å²) in [6, 6.07) is 7.52. The van der Waals surface area contributed by atoms with Crippen LogP contribution in [0.25, 0.3) is 10.8 Å². The smallest absolute Gasteiger partial charge is 0.106 e. The van der Waals surface area contributed by atoms with Gasteiger partial charge in [-0.15, -0.1) is 0 Å². The minimum Gasteiger partial charge on any atom is -0.390 e. The van der Waals surface area contributed by atoms with Gasteiger partial charge in [0.2, 0.25) is 0 Å². The first-order valence-electron chi connectivity index (χ1n) is 5.80. The van der Waals surface area contributed by atoms with E-state index in [2.05, 4.69) is 4.98 Å². The molecule has 2 rings (SSSR count). The van der Waals surface area contributed by atoms with E-state index in [0.717, 1.165) is 16.3 Å². The van der Waals surface area contributed by atoms with Crippen molar-refractivity contribution in [2.24, 2.45) is 5.92 Å². The van der Waals surface area contributed by atoms with Gasteiger partial charge in [-0.05, 0) is 22.9 Å². The Bertz CT molecular complexity index is 505. The summed E-state index contributed by atoms with van der Waals surface area (Å²) in [6.07, 6.45) is 1.84. The number of aliphatic hydroxyl groups excluding tert-OH is 2. The zero-order valence-corrected chi connectivity index (χ0v) is 10.0. The van der Waals surface area contributed by atoms with Crippen LogP contribution in [-0.2, 0) is 0 Å². The van der Waals surface area contributed by atoms with Gasteiger partial charge in [0.05, 0.1) is 6.10 Å². The standard InChI is InChI=1S/C14H17NO2/c1-9(2)13(16)14(17)12-5-3-4-10-8-15-7-6-11(10)12/h3-9,13-14,16-17H,1-2H3. The number of hydrogen-bond acceptors (Lipinski definition) is 3. The second kappa shape index (κ2) is 4.82. The van der Waals surface area contributed by atoms with Crippen molar-refractivity contribution in [3.05, 3.63) is 42.2 Å². The molecule has 0 aliphatic heterocycles. The summed E-state index contributed by atoms with van der Waals surface area (Å²) in [5.74, 6) is 0.0158. The van der Waals surface area contributed by atoms with Crippen LogP contribution in [0.4, 0.5) is 0 Å². The zero-order chi connectivity index (χ0) is 12.4. The minimum atomic E-state index is -0.860. The lowest BCUT2D eigenvalue weighted by molar-refractivity contribution is -0.00861. The average molecular weight is 231 g/mol. The maximum Gasteiger partial charge on any atom is 0.106 e. The highest BCUT2D eigenvalue weighted by Crippen LogP contribution is 2.28. The van der Waals surface area contributed by atoms with Gasteiger partial charge in [-0.1, -0.05) is 32.0 Å². The summed E-state index contributed by atoms with van der Waals surface area (Å²) in [5.41, 5.74) is 0.756. The Morgan fingerprint density at radius 2 is 1.88 bits per heavy atom. The van der Waals surface area contributed by atoms with Crippen molar-refractivity contribution < 1.29 is 10.2 Å². The molecular formula is C14H17NO2. The molecule has 3 nitrogen and oxygen atoms in total. The molecular weight excluding hydrogens is 214 g/mol. The molecule has 1 aromatic carbocycles. The van der Waals surface area contributed by atoms with E-state index in [-0.39, 0.29) is 5.92 Å². The largest absolute Gasteiger partial charge is 0.390 e. The molecule has 0 radical (unpaired) electrons. The molecule has 2 unspecified atom stereocenters. The quantitative estimate of drug-likeness (QED) is 0.852. The molecule has 1 heterocycles. The highest BCUT2D eigenvalue weighted by Gasteiger charge is 2.22. The van der Waals surface area contributed by atoms with Crippen molar-refractivity contribution in [2.75, 3.05) is 0 Å². The van der Waals surface area contributed by atoms with Crippen molar-refractivity contribution >= 4 is 10.8 Å². The Morgan fingerprint density at radius 1 is 1.12 bits per heavy atom. The van der Waals surface area contributed by atoms with Gasteiger partial charge in [0.1, 0.15) is 6.10 Å². The van der Waals surface area contributed by atoms with E-state index in [0.29, 0.717) is 0 Å². The van der Waals surface area contributed by atoms with Gasteiger partial charge in [-0.25, -0.2) is 0 Å². The molecule has 2 N–H and O–H groups in total. The SMILES string of the molecule is CC(C)C(O)C(O)c1cccc2cnccc12. The molecule has 0 fully saturated rings. The lowest BCUT2D eigenvalue weighted by Crippen LogP contribution is -2.24. The predicted octanol–water partition coefficient (Wildman–Crippen LogP) is 2.29. The number of aliphatic hydroxyl groups is 2. The van der Waals surface area contributed by atoms with E-state index in [1.54, 1.807) is 12.4 Å². The number of benzene rings is 1. The highest BCUT2D eigenvalue weighted by atomic mass is 16.3. The second-order valence-electron chi connectivity index (χ2n) is 4.62. The van der Waals surface area contributed by atoms with Crippen molar-refractivity contribution in [2.45, 2.75) is 26.1 Å². The van der Waals surface area contributed by atoms with Crippen molar-refractivity contribution in [3.8, 4) is 0 Å². The van der Waals surface area contributed by atoms with Crippen LogP contribution in [0.15, 0.2) is 36.7 Å². The van der Waals surface area contributed by atoms with Gasteiger partial charge in [-0.3, -0.25) is 4.98 Å². The Balaban J connectivity index is 2.48. The van der Waals surface area contributed by atoms with Gasteiger partial charge < -0.3 is 10.2 Å². The lowest BCUT2D eigenvalue weighted by Gasteiger charge is -2.22. The van der Waals surface area contributed by atoms with E-state index < -0.39 is 12.2 Å². The molecule has 0 bridgehead atoms. The van der Waals surface area contributed by atoms with Gasteiger partial charge in [-0.2, -0.15) is 0 Å². The average Bonchev–Trinajstić information content (AvgIpc) is 2.36. The number of hydrogen-bond donors (Lipinski definition) is 2. The molecule has 0 amide bonds. The monoisotopic (exact) mass is 231 g/mol. The normalized spacial score (nSPS) is 15.1. The molecule has 0 aliphatic carbocycles. The summed E-state index contributed by atoms with van der Waals surface area (Å²) in [4.78, 5) is 4.05. The summed E-state index contributed by atoms with van der Waals surface area (Å²) in [7, 11) is 0. The third-order valence-electron chi connectivity index (χ3n) is 3.04. The Morgan fingerprint density at radius 3 is 2.59 bits per heavy atom. The highest BCUT2D eigenvalue weighted by molar-refractivity contribution is 5.85. The van der Waals surface area contributed by atoms with Gasteiger partial charge in [0.15, 0.2) is 0 Å². The molecule has 2 atom stereocenters.